The second kappa shape index (κ2) is 4.63. The van der Waals surface area contributed by atoms with E-state index >= 15 is 0 Å². The average molecular weight is 221 g/mol. The van der Waals surface area contributed by atoms with Gasteiger partial charge in [-0.25, -0.2) is 0 Å². The van der Waals surface area contributed by atoms with Gasteiger partial charge in [-0.05, 0) is 18.1 Å². The van der Waals surface area contributed by atoms with Crippen molar-refractivity contribution >= 4 is 5.97 Å². The van der Waals surface area contributed by atoms with Crippen molar-refractivity contribution < 1.29 is 14.6 Å². The fourth-order valence-electron chi connectivity index (χ4n) is 1.89. The normalized spacial score (nSPS) is 25.3. The Bertz CT molecular complexity index is 384. The van der Waals surface area contributed by atoms with Crippen molar-refractivity contribution in [1.82, 2.24) is 5.32 Å². The third kappa shape index (κ3) is 2.23. The molecule has 0 spiro atoms. The van der Waals surface area contributed by atoms with Crippen molar-refractivity contribution in [1.29, 1.82) is 0 Å². The molecule has 16 heavy (non-hydrogen) atoms. The van der Waals surface area contributed by atoms with E-state index in [0.29, 0.717) is 6.54 Å². The van der Waals surface area contributed by atoms with Crippen LogP contribution in [0.1, 0.15) is 17.2 Å². The molecule has 4 heteroatoms. The summed E-state index contributed by atoms with van der Waals surface area (Å²) in [6.07, 6.45) is -0.0446. The molecule has 1 aromatic carbocycles. The summed E-state index contributed by atoms with van der Waals surface area (Å²) in [6.45, 7) is 2.79. The minimum Gasteiger partial charge on any atom is -0.480 e. The van der Waals surface area contributed by atoms with E-state index in [1.807, 2.05) is 31.2 Å². The molecule has 1 fully saturated rings. The van der Waals surface area contributed by atoms with Gasteiger partial charge in [-0.15, -0.1) is 0 Å². The number of morpholine rings is 1. The molecule has 0 radical (unpaired) electrons. The van der Waals surface area contributed by atoms with E-state index in [-0.39, 0.29) is 12.7 Å². The summed E-state index contributed by atoms with van der Waals surface area (Å²) < 4.78 is 5.58. The van der Waals surface area contributed by atoms with Crippen LogP contribution in [0.25, 0.3) is 0 Å². The number of aryl methyl sites for hydroxylation is 1. The molecule has 1 saturated heterocycles. The summed E-state index contributed by atoms with van der Waals surface area (Å²) in [6, 6.07) is 7.41. The number of hydrogen-bond acceptors (Lipinski definition) is 3. The van der Waals surface area contributed by atoms with Crippen molar-refractivity contribution in [3.63, 3.8) is 0 Å². The van der Waals surface area contributed by atoms with Crippen LogP contribution in [0.15, 0.2) is 24.3 Å². The number of hydrogen-bond donors (Lipinski definition) is 2. The Morgan fingerprint density at radius 1 is 1.50 bits per heavy atom. The summed E-state index contributed by atoms with van der Waals surface area (Å²) in [4.78, 5) is 10.7. The van der Waals surface area contributed by atoms with Crippen LogP contribution in [-0.4, -0.2) is 30.3 Å². The van der Waals surface area contributed by atoms with Gasteiger partial charge >= 0.3 is 5.97 Å². The fraction of sp³-hybridized carbons (Fsp3) is 0.417. The Hall–Kier alpha value is -1.39. The zero-order valence-electron chi connectivity index (χ0n) is 9.14. The molecule has 1 aliphatic heterocycles. The fourth-order valence-corrected chi connectivity index (χ4v) is 1.89. The number of carboxylic acids is 1. The highest BCUT2D eigenvalue weighted by Crippen LogP contribution is 2.22. The molecule has 2 rings (SSSR count). The quantitative estimate of drug-likeness (QED) is 0.785. The molecule has 2 N–H and O–H groups in total. The zero-order chi connectivity index (χ0) is 11.5. The van der Waals surface area contributed by atoms with Gasteiger partial charge in [0, 0.05) is 6.54 Å². The number of ether oxygens (including phenoxy) is 1. The topological polar surface area (TPSA) is 58.6 Å². The molecular weight excluding hydrogens is 206 g/mol. The molecule has 2 unspecified atom stereocenters. The molecule has 0 aliphatic carbocycles. The number of rotatable bonds is 2. The Labute approximate surface area is 94.2 Å². The Kier molecular flexibility index (Phi) is 3.22. The van der Waals surface area contributed by atoms with Crippen LogP contribution in [-0.2, 0) is 9.53 Å². The molecule has 0 amide bonds. The van der Waals surface area contributed by atoms with Gasteiger partial charge in [-0.3, -0.25) is 10.1 Å². The lowest BCUT2D eigenvalue weighted by atomic mass is 10.0. The van der Waals surface area contributed by atoms with Gasteiger partial charge in [-0.1, -0.05) is 24.3 Å². The minimum absolute atomic E-state index is 0.0446. The molecule has 4 nitrogen and oxygen atoms in total. The van der Waals surface area contributed by atoms with Crippen molar-refractivity contribution in [2.24, 2.45) is 0 Å². The maximum atomic E-state index is 10.7. The summed E-state index contributed by atoms with van der Waals surface area (Å²) in [5.41, 5.74) is 2.29. The molecule has 0 bridgehead atoms. The second-order valence-corrected chi connectivity index (χ2v) is 3.98. The van der Waals surface area contributed by atoms with Crippen LogP contribution in [0.5, 0.6) is 0 Å². The van der Waals surface area contributed by atoms with E-state index in [1.165, 1.54) is 5.56 Å². The van der Waals surface area contributed by atoms with Gasteiger partial charge in [0.2, 0.25) is 0 Å². The molecule has 1 aliphatic rings. The van der Waals surface area contributed by atoms with Crippen molar-refractivity contribution in [3.8, 4) is 0 Å². The number of aliphatic carboxylic acids is 1. The predicted molar refractivity (Wildman–Crippen MR) is 59.3 cm³/mol. The molecule has 86 valence electrons. The lowest BCUT2D eigenvalue weighted by molar-refractivity contribution is -0.144. The zero-order valence-corrected chi connectivity index (χ0v) is 9.14. The largest absolute Gasteiger partial charge is 0.480 e. The first kappa shape index (κ1) is 11.1. The first-order chi connectivity index (χ1) is 7.68. The number of benzene rings is 1. The molecular formula is C12H15NO3. The van der Waals surface area contributed by atoms with Crippen LogP contribution in [0.4, 0.5) is 0 Å². The SMILES string of the molecule is Cc1ccccc1C1CNC(C(=O)O)CO1. The number of carbonyl (C=O) groups is 1. The molecule has 1 aromatic rings. The summed E-state index contributed by atoms with van der Waals surface area (Å²) in [7, 11) is 0. The first-order valence-electron chi connectivity index (χ1n) is 5.32. The van der Waals surface area contributed by atoms with Crippen molar-refractivity contribution in [2.45, 2.75) is 19.1 Å². The first-order valence-corrected chi connectivity index (χ1v) is 5.32. The maximum Gasteiger partial charge on any atom is 0.323 e. The van der Waals surface area contributed by atoms with Crippen molar-refractivity contribution in [2.75, 3.05) is 13.2 Å². The summed E-state index contributed by atoms with van der Waals surface area (Å²) in [5.74, 6) is -0.858. The smallest absolute Gasteiger partial charge is 0.323 e. The summed E-state index contributed by atoms with van der Waals surface area (Å²) in [5, 5.41) is 11.8. The highest BCUT2D eigenvalue weighted by Gasteiger charge is 2.27. The van der Waals surface area contributed by atoms with E-state index in [4.69, 9.17) is 9.84 Å². The van der Waals surface area contributed by atoms with Gasteiger partial charge in [0.15, 0.2) is 0 Å². The van der Waals surface area contributed by atoms with Crippen molar-refractivity contribution in [3.05, 3.63) is 35.4 Å². The highest BCUT2D eigenvalue weighted by molar-refractivity contribution is 5.73. The van der Waals surface area contributed by atoms with E-state index < -0.39 is 12.0 Å². The van der Waals surface area contributed by atoms with Gasteiger partial charge in [0.1, 0.15) is 6.04 Å². The average Bonchev–Trinajstić information content (AvgIpc) is 2.30. The Morgan fingerprint density at radius 3 is 2.81 bits per heavy atom. The maximum absolute atomic E-state index is 10.7. The second-order valence-electron chi connectivity index (χ2n) is 3.98. The van der Waals surface area contributed by atoms with Crippen LogP contribution < -0.4 is 5.32 Å². The predicted octanol–water partition coefficient (Wildman–Crippen LogP) is 1.11. The molecule has 2 atom stereocenters. The number of nitrogens with one attached hydrogen (secondary N) is 1. The van der Waals surface area contributed by atoms with Gasteiger partial charge < -0.3 is 9.84 Å². The van der Waals surface area contributed by atoms with E-state index in [2.05, 4.69) is 5.32 Å². The third-order valence-electron chi connectivity index (χ3n) is 2.85. The summed E-state index contributed by atoms with van der Waals surface area (Å²) >= 11 is 0. The number of carboxylic acid groups (broad SMARTS) is 1. The van der Waals surface area contributed by atoms with Crippen LogP contribution >= 0.6 is 0 Å². The highest BCUT2D eigenvalue weighted by atomic mass is 16.5. The van der Waals surface area contributed by atoms with Crippen LogP contribution in [0.3, 0.4) is 0 Å². The van der Waals surface area contributed by atoms with E-state index in [0.717, 1.165) is 5.56 Å². The van der Waals surface area contributed by atoms with Crippen LogP contribution in [0.2, 0.25) is 0 Å². The van der Waals surface area contributed by atoms with Crippen LogP contribution in [0, 0.1) is 6.92 Å². The Balaban J connectivity index is 2.05. The Morgan fingerprint density at radius 2 is 2.25 bits per heavy atom. The third-order valence-corrected chi connectivity index (χ3v) is 2.85. The lowest BCUT2D eigenvalue weighted by Crippen LogP contribution is -2.47. The molecule has 0 aromatic heterocycles. The monoisotopic (exact) mass is 221 g/mol. The minimum atomic E-state index is -0.858. The molecule has 1 heterocycles. The standard InChI is InChI=1S/C12H15NO3/c1-8-4-2-3-5-9(8)11-6-13-10(7-16-11)12(14)15/h2-5,10-11,13H,6-7H2,1H3,(H,14,15). The molecule has 0 saturated carbocycles. The van der Waals surface area contributed by atoms with Gasteiger partial charge in [0.25, 0.3) is 0 Å². The van der Waals surface area contributed by atoms with Gasteiger partial charge in [-0.2, -0.15) is 0 Å². The van der Waals surface area contributed by atoms with E-state index in [1.54, 1.807) is 0 Å². The lowest BCUT2D eigenvalue weighted by Gasteiger charge is -2.29. The van der Waals surface area contributed by atoms with E-state index in [9.17, 15) is 4.79 Å². The van der Waals surface area contributed by atoms with Gasteiger partial charge in [0.05, 0.1) is 12.7 Å².